The second kappa shape index (κ2) is 3.67. The highest BCUT2D eigenvalue weighted by molar-refractivity contribution is 9.10. The van der Waals surface area contributed by atoms with Gasteiger partial charge in [0.05, 0.1) is 5.56 Å². The second-order valence-electron chi connectivity index (χ2n) is 2.23. The smallest absolute Gasteiger partial charge is 0.134 e. The normalized spacial score (nSPS) is 11.8. The first-order valence-electron chi connectivity index (χ1n) is 3.33. The van der Waals surface area contributed by atoms with Gasteiger partial charge in [0.25, 0.3) is 0 Å². The largest absolute Gasteiger partial charge is 0.383 e. The summed E-state index contributed by atoms with van der Waals surface area (Å²) in [4.78, 5) is 3.69. The molecule has 0 saturated carbocycles. The van der Waals surface area contributed by atoms with Crippen LogP contribution >= 0.6 is 15.9 Å². The molecule has 2 nitrogen and oxygen atoms in total. The molecule has 1 aromatic rings. The molecule has 0 amide bonds. The maximum Gasteiger partial charge on any atom is 0.134 e. The van der Waals surface area contributed by atoms with E-state index in [1.54, 1.807) is 12.1 Å². The molecule has 4 heteroatoms. The third-order valence-electron chi connectivity index (χ3n) is 1.45. The Morgan fingerprint density at radius 1 is 1.58 bits per heavy atom. The van der Waals surface area contributed by atoms with Crippen molar-refractivity contribution < 1.29 is 4.39 Å². The molecular formula is C8H8BrFN2. The van der Waals surface area contributed by atoms with Gasteiger partial charge in [0.15, 0.2) is 0 Å². The molecule has 0 spiro atoms. The molecule has 1 rings (SSSR count). The van der Waals surface area contributed by atoms with Crippen LogP contribution in [-0.4, -0.2) is 12.9 Å². The van der Waals surface area contributed by atoms with Crippen LogP contribution in [-0.2, 0) is 0 Å². The quantitative estimate of drug-likeness (QED) is 0.582. The van der Waals surface area contributed by atoms with Crippen LogP contribution in [0.25, 0.3) is 0 Å². The van der Waals surface area contributed by atoms with Gasteiger partial charge in [-0.2, -0.15) is 0 Å². The van der Waals surface area contributed by atoms with Gasteiger partial charge in [-0.15, -0.1) is 0 Å². The number of nitrogens with zero attached hydrogens (tertiary/aromatic N) is 1. The summed E-state index contributed by atoms with van der Waals surface area (Å²) in [5, 5.41) is 0. The SMILES string of the molecule is CN=C(N)c1cc(Br)ccc1F. The van der Waals surface area contributed by atoms with Crippen LogP contribution in [0.3, 0.4) is 0 Å². The fourth-order valence-electron chi connectivity index (χ4n) is 0.814. The third kappa shape index (κ3) is 1.82. The van der Waals surface area contributed by atoms with Crippen LogP contribution in [0, 0.1) is 5.82 Å². The molecule has 0 aromatic heterocycles. The molecule has 0 atom stereocenters. The average Bonchev–Trinajstić information content (AvgIpc) is 2.08. The van der Waals surface area contributed by atoms with Gasteiger partial charge in [-0.1, -0.05) is 15.9 Å². The van der Waals surface area contributed by atoms with Crippen molar-refractivity contribution in [2.24, 2.45) is 10.7 Å². The highest BCUT2D eigenvalue weighted by Gasteiger charge is 2.05. The molecular weight excluding hydrogens is 223 g/mol. The summed E-state index contributed by atoms with van der Waals surface area (Å²) in [7, 11) is 1.52. The van der Waals surface area contributed by atoms with Gasteiger partial charge in [-0.25, -0.2) is 4.39 Å². The maximum atomic E-state index is 13.0. The van der Waals surface area contributed by atoms with Gasteiger partial charge in [-0.3, -0.25) is 4.99 Å². The first-order chi connectivity index (χ1) is 5.65. The van der Waals surface area contributed by atoms with Crippen molar-refractivity contribution >= 4 is 21.8 Å². The Bertz CT molecular complexity index is 323. The summed E-state index contributed by atoms with van der Waals surface area (Å²) in [5.41, 5.74) is 5.78. The Morgan fingerprint density at radius 3 is 2.83 bits per heavy atom. The van der Waals surface area contributed by atoms with Crippen molar-refractivity contribution in [2.45, 2.75) is 0 Å². The van der Waals surface area contributed by atoms with Crippen molar-refractivity contribution in [3.05, 3.63) is 34.1 Å². The first-order valence-corrected chi connectivity index (χ1v) is 4.12. The van der Waals surface area contributed by atoms with E-state index in [4.69, 9.17) is 5.73 Å². The van der Waals surface area contributed by atoms with Gasteiger partial charge in [0.2, 0.25) is 0 Å². The van der Waals surface area contributed by atoms with Crippen LogP contribution in [0.4, 0.5) is 4.39 Å². The van der Waals surface area contributed by atoms with Gasteiger partial charge < -0.3 is 5.73 Å². The van der Waals surface area contributed by atoms with Crippen LogP contribution in [0.1, 0.15) is 5.56 Å². The highest BCUT2D eigenvalue weighted by atomic mass is 79.9. The van der Waals surface area contributed by atoms with Crippen molar-refractivity contribution in [3.63, 3.8) is 0 Å². The first kappa shape index (κ1) is 9.19. The zero-order valence-electron chi connectivity index (χ0n) is 6.51. The van der Waals surface area contributed by atoms with Crippen LogP contribution in [0.5, 0.6) is 0 Å². The lowest BCUT2D eigenvalue weighted by Crippen LogP contribution is -2.14. The van der Waals surface area contributed by atoms with Gasteiger partial charge in [0, 0.05) is 11.5 Å². The Kier molecular flexibility index (Phi) is 2.81. The summed E-state index contributed by atoms with van der Waals surface area (Å²) in [5.74, 6) is -0.157. The zero-order chi connectivity index (χ0) is 9.14. The molecule has 0 aliphatic carbocycles. The van der Waals surface area contributed by atoms with E-state index < -0.39 is 0 Å². The highest BCUT2D eigenvalue weighted by Crippen LogP contribution is 2.14. The van der Waals surface area contributed by atoms with Crippen LogP contribution in [0.15, 0.2) is 27.7 Å². The lowest BCUT2D eigenvalue weighted by atomic mass is 10.2. The van der Waals surface area contributed by atoms with Crippen molar-refractivity contribution in [2.75, 3.05) is 7.05 Å². The molecule has 0 aliphatic heterocycles. The van der Waals surface area contributed by atoms with Crippen molar-refractivity contribution in [1.82, 2.24) is 0 Å². The Morgan fingerprint density at radius 2 is 2.25 bits per heavy atom. The number of hydrogen-bond acceptors (Lipinski definition) is 1. The van der Waals surface area contributed by atoms with E-state index in [0.29, 0.717) is 5.56 Å². The molecule has 0 radical (unpaired) electrons. The molecule has 12 heavy (non-hydrogen) atoms. The van der Waals surface area contributed by atoms with E-state index in [0.717, 1.165) is 4.47 Å². The summed E-state index contributed by atoms with van der Waals surface area (Å²) in [6.45, 7) is 0. The Labute approximate surface area is 78.4 Å². The summed E-state index contributed by atoms with van der Waals surface area (Å²) < 4.78 is 13.8. The predicted octanol–water partition coefficient (Wildman–Crippen LogP) is 1.92. The molecule has 0 aliphatic rings. The molecule has 0 unspecified atom stereocenters. The van der Waals surface area contributed by atoms with Crippen molar-refractivity contribution in [3.8, 4) is 0 Å². The number of amidine groups is 1. The summed E-state index contributed by atoms with van der Waals surface area (Å²) in [6, 6.07) is 4.55. The lowest BCUT2D eigenvalue weighted by Gasteiger charge is -2.01. The maximum absolute atomic E-state index is 13.0. The van der Waals surface area contributed by atoms with Gasteiger partial charge >= 0.3 is 0 Å². The number of aliphatic imine (C=N–C) groups is 1. The fraction of sp³-hybridized carbons (Fsp3) is 0.125. The van der Waals surface area contributed by atoms with E-state index in [2.05, 4.69) is 20.9 Å². The van der Waals surface area contributed by atoms with E-state index in [9.17, 15) is 4.39 Å². The molecule has 0 fully saturated rings. The number of nitrogens with two attached hydrogens (primary N) is 1. The Balaban J connectivity index is 3.23. The predicted molar refractivity (Wildman–Crippen MR) is 50.7 cm³/mol. The minimum atomic E-state index is -0.360. The molecule has 0 heterocycles. The van der Waals surface area contributed by atoms with E-state index in [1.165, 1.54) is 13.1 Å². The Hall–Kier alpha value is -0.900. The molecule has 0 saturated heterocycles. The number of rotatable bonds is 1. The third-order valence-corrected chi connectivity index (χ3v) is 1.94. The summed E-state index contributed by atoms with van der Waals surface area (Å²) >= 11 is 3.22. The van der Waals surface area contributed by atoms with Crippen LogP contribution in [0.2, 0.25) is 0 Å². The topological polar surface area (TPSA) is 38.4 Å². The standard InChI is InChI=1S/C8H8BrFN2/c1-12-8(11)6-4-5(9)2-3-7(6)10/h2-4H,1H3,(H2,11,12). The van der Waals surface area contributed by atoms with E-state index in [1.807, 2.05) is 0 Å². The number of hydrogen-bond donors (Lipinski definition) is 1. The fourth-order valence-corrected chi connectivity index (χ4v) is 1.18. The second-order valence-corrected chi connectivity index (χ2v) is 3.15. The monoisotopic (exact) mass is 230 g/mol. The zero-order valence-corrected chi connectivity index (χ0v) is 8.10. The van der Waals surface area contributed by atoms with E-state index in [-0.39, 0.29) is 11.7 Å². The van der Waals surface area contributed by atoms with Crippen LogP contribution < -0.4 is 5.73 Å². The minimum absolute atomic E-state index is 0.203. The average molecular weight is 231 g/mol. The van der Waals surface area contributed by atoms with Gasteiger partial charge in [0.1, 0.15) is 11.7 Å². The van der Waals surface area contributed by atoms with Gasteiger partial charge in [-0.05, 0) is 18.2 Å². The van der Waals surface area contributed by atoms with E-state index >= 15 is 0 Å². The number of halogens is 2. The molecule has 2 N–H and O–H groups in total. The molecule has 64 valence electrons. The lowest BCUT2D eigenvalue weighted by molar-refractivity contribution is 0.624. The van der Waals surface area contributed by atoms with Crippen molar-refractivity contribution in [1.29, 1.82) is 0 Å². The molecule has 1 aromatic carbocycles. The summed E-state index contributed by atoms with van der Waals surface area (Å²) in [6.07, 6.45) is 0. The molecule has 0 bridgehead atoms. The minimum Gasteiger partial charge on any atom is -0.383 e. The number of benzene rings is 1.